The molecule has 3 rings (SSSR count). The lowest BCUT2D eigenvalue weighted by molar-refractivity contribution is 0.0718. The van der Waals surface area contributed by atoms with Crippen LogP contribution in [0.5, 0.6) is 0 Å². The standard InChI is InChI=1S/C20H16N2O3/c1-24-14-19-13-22(20(23)25-19)18-9-7-15(8-10-18)5-6-16-3-2-4-17(11-16)12-21/h2-4,7-11,19H,13-14H2,1H3. The predicted octanol–water partition coefficient (Wildman–Crippen LogP) is 2.93. The fourth-order valence-electron chi connectivity index (χ4n) is 2.54. The molecule has 1 atom stereocenters. The summed E-state index contributed by atoms with van der Waals surface area (Å²) in [5.41, 5.74) is 2.96. The first kappa shape index (κ1) is 16.6. The van der Waals surface area contributed by atoms with Gasteiger partial charge in [-0.3, -0.25) is 4.90 Å². The van der Waals surface area contributed by atoms with Gasteiger partial charge in [-0.2, -0.15) is 5.26 Å². The number of hydrogen-bond donors (Lipinski definition) is 0. The minimum absolute atomic E-state index is 0.246. The van der Waals surface area contributed by atoms with Gasteiger partial charge in [0.2, 0.25) is 0 Å². The van der Waals surface area contributed by atoms with Crippen LogP contribution in [0.4, 0.5) is 10.5 Å². The highest BCUT2D eigenvalue weighted by Gasteiger charge is 2.32. The summed E-state index contributed by atoms with van der Waals surface area (Å²) in [6.45, 7) is 0.853. The monoisotopic (exact) mass is 332 g/mol. The van der Waals surface area contributed by atoms with Crippen molar-refractivity contribution >= 4 is 11.8 Å². The molecule has 1 heterocycles. The predicted molar refractivity (Wildman–Crippen MR) is 93.1 cm³/mol. The minimum Gasteiger partial charge on any atom is -0.441 e. The van der Waals surface area contributed by atoms with Crippen molar-refractivity contribution in [3.8, 4) is 17.9 Å². The Morgan fingerprint density at radius 3 is 2.60 bits per heavy atom. The Hall–Kier alpha value is -3.28. The summed E-state index contributed by atoms with van der Waals surface area (Å²) in [5, 5.41) is 8.91. The summed E-state index contributed by atoms with van der Waals surface area (Å²) < 4.78 is 10.3. The van der Waals surface area contributed by atoms with Gasteiger partial charge in [0.1, 0.15) is 6.10 Å². The van der Waals surface area contributed by atoms with Crippen molar-refractivity contribution in [2.45, 2.75) is 6.10 Å². The van der Waals surface area contributed by atoms with E-state index < -0.39 is 0 Å². The van der Waals surface area contributed by atoms with Crippen LogP contribution in [0.25, 0.3) is 0 Å². The number of ether oxygens (including phenoxy) is 2. The lowest BCUT2D eigenvalue weighted by atomic mass is 10.1. The zero-order chi connectivity index (χ0) is 17.6. The fraction of sp³-hybridized carbons (Fsp3) is 0.200. The summed E-state index contributed by atoms with van der Waals surface area (Å²) in [5.74, 6) is 6.09. The van der Waals surface area contributed by atoms with Gasteiger partial charge in [-0.1, -0.05) is 17.9 Å². The molecule has 25 heavy (non-hydrogen) atoms. The third-order valence-corrected chi connectivity index (χ3v) is 3.75. The fourth-order valence-corrected chi connectivity index (χ4v) is 2.54. The molecule has 1 unspecified atom stereocenters. The van der Waals surface area contributed by atoms with Gasteiger partial charge in [0.15, 0.2) is 0 Å². The van der Waals surface area contributed by atoms with Crippen LogP contribution in [0.2, 0.25) is 0 Å². The van der Waals surface area contributed by atoms with Crippen LogP contribution in [0.3, 0.4) is 0 Å². The first-order valence-electron chi connectivity index (χ1n) is 7.79. The van der Waals surface area contributed by atoms with Crippen LogP contribution in [-0.2, 0) is 9.47 Å². The van der Waals surface area contributed by atoms with Crippen LogP contribution in [0.15, 0.2) is 48.5 Å². The van der Waals surface area contributed by atoms with Gasteiger partial charge in [-0.25, -0.2) is 4.79 Å². The molecule has 5 nitrogen and oxygen atoms in total. The van der Waals surface area contributed by atoms with Gasteiger partial charge in [-0.05, 0) is 42.5 Å². The van der Waals surface area contributed by atoms with E-state index in [1.54, 1.807) is 30.2 Å². The lowest BCUT2D eigenvalue weighted by Crippen LogP contribution is -2.25. The van der Waals surface area contributed by atoms with Crippen LogP contribution < -0.4 is 4.90 Å². The Bertz CT molecular complexity index is 872. The first-order chi connectivity index (χ1) is 12.2. The number of nitrogens with zero attached hydrogens (tertiary/aromatic N) is 2. The second-order valence-electron chi connectivity index (χ2n) is 5.56. The molecule has 1 amide bonds. The van der Waals surface area contributed by atoms with E-state index in [1.165, 1.54) is 0 Å². The maximum Gasteiger partial charge on any atom is 0.414 e. The highest BCUT2D eigenvalue weighted by Crippen LogP contribution is 2.22. The molecule has 0 bridgehead atoms. The van der Waals surface area contributed by atoms with E-state index in [0.717, 1.165) is 16.8 Å². The Morgan fingerprint density at radius 1 is 1.16 bits per heavy atom. The average Bonchev–Trinajstić information content (AvgIpc) is 3.01. The number of anilines is 1. The van der Waals surface area contributed by atoms with Gasteiger partial charge >= 0.3 is 6.09 Å². The molecule has 0 radical (unpaired) electrons. The molecule has 0 saturated carbocycles. The number of nitriles is 1. The van der Waals surface area contributed by atoms with Crippen molar-refractivity contribution in [2.75, 3.05) is 25.2 Å². The minimum atomic E-state index is -0.366. The van der Waals surface area contributed by atoms with Crippen LogP contribution in [0.1, 0.15) is 16.7 Å². The Morgan fingerprint density at radius 2 is 1.88 bits per heavy atom. The lowest BCUT2D eigenvalue weighted by Gasteiger charge is -2.12. The van der Waals surface area contributed by atoms with Crippen molar-refractivity contribution in [1.82, 2.24) is 0 Å². The van der Waals surface area contributed by atoms with Crippen molar-refractivity contribution in [3.05, 3.63) is 65.2 Å². The first-order valence-corrected chi connectivity index (χ1v) is 7.79. The van der Waals surface area contributed by atoms with E-state index in [4.69, 9.17) is 14.7 Å². The summed E-state index contributed by atoms with van der Waals surface area (Å²) >= 11 is 0. The maximum atomic E-state index is 11.9. The molecule has 124 valence electrons. The summed E-state index contributed by atoms with van der Waals surface area (Å²) in [6.07, 6.45) is -0.612. The molecule has 1 aliphatic rings. The Labute approximate surface area is 146 Å². The molecule has 0 aromatic heterocycles. The summed E-state index contributed by atoms with van der Waals surface area (Å²) in [4.78, 5) is 13.5. The zero-order valence-electron chi connectivity index (χ0n) is 13.7. The highest BCUT2D eigenvalue weighted by atomic mass is 16.6. The largest absolute Gasteiger partial charge is 0.441 e. The summed E-state index contributed by atoms with van der Waals surface area (Å²) in [7, 11) is 1.58. The molecule has 0 N–H and O–H groups in total. The Balaban J connectivity index is 1.72. The number of hydrogen-bond acceptors (Lipinski definition) is 4. The molecule has 1 saturated heterocycles. The molecule has 0 spiro atoms. The van der Waals surface area contributed by atoms with Gasteiger partial charge in [-0.15, -0.1) is 0 Å². The van der Waals surface area contributed by atoms with Crippen molar-refractivity contribution in [3.63, 3.8) is 0 Å². The number of benzene rings is 2. The Kier molecular flexibility index (Phi) is 4.99. The van der Waals surface area contributed by atoms with Crippen LogP contribution in [0, 0.1) is 23.2 Å². The van der Waals surface area contributed by atoms with E-state index in [0.29, 0.717) is 18.7 Å². The molecular weight excluding hydrogens is 316 g/mol. The van der Waals surface area contributed by atoms with E-state index in [-0.39, 0.29) is 12.2 Å². The van der Waals surface area contributed by atoms with Gasteiger partial charge in [0.05, 0.1) is 24.8 Å². The second kappa shape index (κ2) is 7.53. The number of carbonyl (C=O) groups is 1. The SMILES string of the molecule is COCC1CN(c2ccc(C#Cc3cccc(C#N)c3)cc2)C(=O)O1. The van der Waals surface area contributed by atoms with Crippen molar-refractivity contribution < 1.29 is 14.3 Å². The molecule has 0 aliphatic carbocycles. The quantitative estimate of drug-likeness (QED) is 0.811. The van der Waals surface area contributed by atoms with E-state index in [2.05, 4.69) is 17.9 Å². The molecule has 5 heteroatoms. The third kappa shape index (κ3) is 3.98. The molecular formula is C20H16N2O3. The van der Waals surface area contributed by atoms with Crippen molar-refractivity contribution in [1.29, 1.82) is 5.26 Å². The van der Waals surface area contributed by atoms with Crippen molar-refractivity contribution in [2.24, 2.45) is 0 Å². The number of methoxy groups -OCH3 is 1. The molecule has 2 aromatic rings. The number of rotatable bonds is 3. The zero-order valence-corrected chi connectivity index (χ0v) is 13.7. The van der Waals surface area contributed by atoms with Gasteiger partial charge in [0.25, 0.3) is 0 Å². The topological polar surface area (TPSA) is 62.6 Å². The normalized spacial score (nSPS) is 15.9. The van der Waals surface area contributed by atoms with Crippen LogP contribution >= 0.6 is 0 Å². The van der Waals surface area contributed by atoms with Gasteiger partial charge < -0.3 is 9.47 Å². The molecule has 2 aromatic carbocycles. The number of cyclic esters (lactones) is 1. The van der Waals surface area contributed by atoms with Gasteiger partial charge in [0, 0.05) is 23.9 Å². The highest BCUT2D eigenvalue weighted by molar-refractivity contribution is 5.89. The maximum absolute atomic E-state index is 11.9. The van der Waals surface area contributed by atoms with E-state index in [9.17, 15) is 4.79 Å². The average molecular weight is 332 g/mol. The number of amides is 1. The van der Waals surface area contributed by atoms with Crippen LogP contribution in [-0.4, -0.2) is 32.5 Å². The van der Waals surface area contributed by atoms with E-state index >= 15 is 0 Å². The molecule has 1 fully saturated rings. The smallest absolute Gasteiger partial charge is 0.414 e. The van der Waals surface area contributed by atoms with E-state index in [1.807, 2.05) is 30.3 Å². The second-order valence-corrected chi connectivity index (χ2v) is 5.56. The number of carbonyl (C=O) groups excluding carboxylic acids is 1. The third-order valence-electron chi connectivity index (χ3n) is 3.75. The molecule has 1 aliphatic heterocycles. The summed E-state index contributed by atoms with van der Waals surface area (Å²) in [6, 6.07) is 16.6.